The molecule has 0 aliphatic carbocycles. The predicted molar refractivity (Wildman–Crippen MR) is 108 cm³/mol. The van der Waals surface area contributed by atoms with Gasteiger partial charge in [-0.15, -0.1) is 0 Å². The summed E-state index contributed by atoms with van der Waals surface area (Å²) in [6.45, 7) is 1.93. The number of nitrogens with one attached hydrogen (secondary N) is 2. The Bertz CT molecular complexity index is 1120. The molecule has 0 aliphatic heterocycles. The Morgan fingerprint density at radius 2 is 1.54 bits per heavy atom. The number of amides is 1. The summed E-state index contributed by atoms with van der Waals surface area (Å²) in [6, 6.07) is 16.0. The Labute approximate surface area is 167 Å². The van der Waals surface area contributed by atoms with Crippen molar-refractivity contribution in [2.24, 2.45) is 0 Å². The first-order chi connectivity index (χ1) is 13.2. The van der Waals surface area contributed by atoms with E-state index in [-0.39, 0.29) is 21.2 Å². The van der Waals surface area contributed by atoms with Gasteiger partial charge in [-0.05, 0) is 61.5 Å². The number of carbonyl (C=O) groups is 1. The maximum absolute atomic E-state index is 13.0. The average Bonchev–Trinajstić information content (AvgIpc) is 2.65. The molecule has 0 saturated heterocycles. The molecule has 3 aromatic rings. The zero-order valence-corrected chi connectivity index (χ0v) is 16.3. The van der Waals surface area contributed by atoms with Gasteiger partial charge >= 0.3 is 0 Å². The van der Waals surface area contributed by atoms with E-state index in [1.807, 2.05) is 19.1 Å². The minimum atomic E-state index is -4.08. The van der Waals surface area contributed by atoms with Gasteiger partial charge in [-0.1, -0.05) is 29.3 Å². The Morgan fingerprint density at radius 3 is 2.18 bits per heavy atom. The van der Waals surface area contributed by atoms with Gasteiger partial charge in [0, 0.05) is 16.9 Å². The van der Waals surface area contributed by atoms with Gasteiger partial charge in [-0.3, -0.25) is 9.52 Å². The fourth-order valence-electron chi connectivity index (χ4n) is 2.42. The van der Waals surface area contributed by atoms with Crippen LogP contribution in [-0.2, 0) is 10.0 Å². The van der Waals surface area contributed by atoms with E-state index < -0.39 is 21.7 Å². The molecule has 0 bridgehead atoms. The number of hydrogen-bond donors (Lipinski definition) is 2. The number of halogens is 2. The second-order valence-electron chi connectivity index (χ2n) is 6.08. The van der Waals surface area contributed by atoms with Crippen molar-refractivity contribution in [3.05, 3.63) is 88.7 Å². The van der Waals surface area contributed by atoms with Crippen molar-refractivity contribution >= 4 is 38.9 Å². The molecule has 2 N–H and O–H groups in total. The lowest BCUT2D eigenvalue weighted by Gasteiger charge is -2.11. The maximum atomic E-state index is 13.0. The summed E-state index contributed by atoms with van der Waals surface area (Å²) < 4.78 is 40.6. The number of anilines is 2. The van der Waals surface area contributed by atoms with Gasteiger partial charge in [0.15, 0.2) is 0 Å². The molecule has 28 heavy (non-hydrogen) atoms. The fourth-order valence-corrected chi connectivity index (χ4v) is 4.00. The van der Waals surface area contributed by atoms with Crippen molar-refractivity contribution in [3.63, 3.8) is 0 Å². The van der Waals surface area contributed by atoms with Crippen LogP contribution in [0.1, 0.15) is 15.9 Å². The van der Waals surface area contributed by atoms with Crippen molar-refractivity contribution in [2.75, 3.05) is 10.0 Å². The summed E-state index contributed by atoms with van der Waals surface area (Å²) >= 11 is 6.04. The monoisotopic (exact) mass is 418 g/mol. The molecule has 0 unspecified atom stereocenters. The normalized spacial score (nSPS) is 11.1. The molecule has 0 fully saturated rings. The molecule has 0 radical (unpaired) electrons. The molecule has 0 heterocycles. The number of carbonyl (C=O) groups excluding carboxylic acids is 1. The summed E-state index contributed by atoms with van der Waals surface area (Å²) in [5.41, 5.74) is 1.93. The van der Waals surface area contributed by atoms with E-state index in [1.165, 1.54) is 30.3 Å². The molecule has 0 atom stereocenters. The Kier molecular flexibility index (Phi) is 5.67. The van der Waals surface area contributed by atoms with E-state index >= 15 is 0 Å². The van der Waals surface area contributed by atoms with Crippen molar-refractivity contribution in [3.8, 4) is 0 Å². The molecule has 0 spiro atoms. The lowest BCUT2D eigenvalue weighted by molar-refractivity contribution is 0.102. The lowest BCUT2D eigenvalue weighted by Crippen LogP contribution is -2.16. The summed E-state index contributed by atoms with van der Waals surface area (Å²) in [6.07, 6.45) is 0. The zero-order valence-electron chi connectivity index (χ0n) is 14.7. The predicted octanol–water partition coefficient (Wildman–Crippen LogP) is 4.84. The largest absolute Gasteiger partial charge is 0.322 e. The third-order valence-electron chi connectivity index (χ3n) is 3.89. The van der Waals surface area contributed by atoms with Crippen LogP contribution in [0, 0.1) is 12.7 Å². The van der Waals surface area contributed by atoms with Gasteiger partial charge in [0.1, 0.15) is 10.7 Å². The first-order valence-corrected chi connectivity index (χ1v) is 10.1. The van der Waals surface area contributed by atoms with Crippen LogP contribution in [0.25, 0.3) is 0 Å². The Balaban J connectivity index is 1.86. The highest BCUT2D eigenvalue weighted by Gasteiger charge is 2.20. The van der Waals surface area contributed by atoms with Gasteiger partial charge in [-0.25, -0.2) is 12.8 Å². The molecule has 0 aromatic heterocycles. The van der Waals surface area contributed by atoms with Crippen molar-refractivity contribution in [1.82, 2.24) is 0 Å². The van der Waals surface area contributed by atoms with Gasteiger partial charge in [0.2, 0.25) is 0 Å². The maximum Gasteiger partial charge on any atom is 0.263 e. The van der Waals surface area contributed by atoms with Crippen LogP contribution in [0.15, 0.2) is 71.6 Å². The molecule has 0 saturated carbocycles. The number of hydrogen-bond acceptors (Lipinski definition) is 3. The molecule has 0 aliphatic rings. The highest BCUT2D eigenvalue weighted by Crippen LogP contribution is 2.25. The highest BCUT2D eigenvalue weighted by molar-refractivity contribution is 7.92. The quantitative estimate of drug-likeness (QED) is 0.622. The minimum absolute atomic E-state index is 0.0403. The van der Waals surface area contributed by atoms with Crippen molar-refractivity contribution in [1.29, 1.82) is 0 Å². The zero-order chi connectivity index (χ0) is 20.3. The van der Waals surface area contributed by atoms with Crippen LogP contribution in [0.4, 0.5) is 15.8 Å². The number of sulfonamides is 1. The van der Waals surface area contributed by atoms with Crippen LogP contribution >= 0.6 is 11.6 Å². The minimum Gasteiger partial charge on any atom is -0.322 e. The molecule has 3 rings (SSSR count). The first-order valence-electron chi connectivity index (χ1n) is 8.20. The second kappa shape index (κ2) is 8.00. The molecule has 1 amide bonds. The molecular weight excluding hydrogens is 403 g/mol. The molecule has 8 heteroatoms. The molecule has 144 valence electrons. The van der Waals surface area contributed by atoms with E-state index in [4.69, 9.17) is 11.6 Å². The summed E-state index contributed by atoms with van der Waals surface area (Å²) in [5.74, 6) is -0.963. The van der Waals surface area contributed by atoms with Crippen LogP contribution in [0.2, 0.25) is 5.02 Å². The topological polar surface area (TPSA) is 75.3 Å². The lowest BCUT2D eigenvalue weighted by atomic mass is 10.2. The summed E-state index contributed by atoms with van der Waals surface area (Å²) in [7, 11) is -4.08. The SMILES string of the molecule is Cc1ccc(NC(=O)c2ccc(Cl)c(S(=O)(=O)Nc3ccc(F)cc3)c2)cc1. The highest BCUT2D eigenvalue weighted by atomic mass is 35.5. The van der Waals surface area contributed by atoms with Gasteiger partial charge < -0.3 is 5.32 Å². The molecule has 3 aromatic carbocycles. The third-order valence-corrected chi connectivity index (χ3v) is 5.75. The van der Waals surface area contributed by atoms with E-state index in [0.717, 1.165) is 17.7 Å². The van der Waals surface area contributed by atoms with Crippen LogP contribution < -0.4 is 10.0 Å². The smallest absolute Gasteiger partial charge is 0.263 e. The number of aryl methyl sites for hydroxylation is 1. The third kappa shape index (κ3) is 4.68. The summed E-state index contributed by atoms with van der Waals surface area (Å²) in [4.78, 5) is 12.2. The number of rotatable bonds is 5. The van der Waals surface area contributed by atoms with Crippen LogP contribution in [0.5, 0.6) is 0 Å². The van der Waals surface area contributed by atoms with E-state index in [1.54, 1.807) is 12.1 Å². The van der Waals surface area contributed by atoms with Crippen molar-refractivity contribution < 1.29 is 17.6 Å². The average molecular weight is 419 g/mol. The Morgan fingerprint density at radius 1 is 0.929 bits per heavy atom. The van der Waals surface area contributed by atoms with Gasteiger partial charge in [0.25, 0.3) is 15.9 Å². The van der Waals surface area contributed by atoms with Crippen LogP contribution in [-0.4, -0.2) is 14.3 Å². The van der Waals surface area contributed by atoms with Gasteiger partial charge in [-0.2, -0.15) is 0 Å². The molecular formula is C20H16ClFN2O3S. The van der Waals surface area contributed by atoms with E-state index in [2.05, 4.69) is 10.0 Å². The molecule has 5 nitrogen and oxygen atoms in total. The van der Waals surface area contributed by atoms with Crippen molar-refractivity contribution in [2.45, 2.75) is 11.8 Å². The standard InChI is InChI=1S/C20H16ClFN2O3S/c1-13-2-7-16(8-3-13)23-20(25)14-4-11-18(21)19(12-14)28(26,27)24-17-9-5-15(22)6-10-17/h2-12,24H,1H3,(H,23,25). The van der Waals surface area contributed by atoms with E-state index in [0.29, 0.717) is 5.69 Å². The number of benzene rings is 3. The van der Waals surface area contributed by atoms with Gasteiger partial charge in [0.05, 0.1) is 5.02 Å². The summed E-state index contributed by atoms with van der Waals surface area (Å²) in [5, 5.41) is 2.66. The Hall–Kier alpha value is -2.90. The van der Waals surface area contributed by atoms with E-state index in [9.17, 15) is 17.6 Å². The fraction of sp³-hybridized carbons (Fsp3) is 0.0500. The first kappa shape index (κ1) is 19.9. The van der Waals surface area contributed by atoms with Crippen LogP contribution in [0.3, 0.4) is 0 Å². The second-order valence-corrected chi connectivity index (χ2v) is 8.14.